The van der Waals surface area contributed by atoms with Crippen LogP contribution in [0.15, 0.2) is 28.7 Å². The molecule has 1 aromatic heterocycles. The number of rotatable bonds is 5. The van der Waals surface area contributed by atoms with Crippen molar-refractivity contribution in [3.05, 3.63) is 40.4 Å². The summed E-state index contributed by atoms with van der Waals surface area (Å²) in [6.07, 6.45) is 5.67. The van der Waals surface area contributed by atoms with E-state index in [2.05, 4.69) is 36.0 Å². The fourth-order valence-electron chi connectivity index (χ4n) is 3.97. The average molecular weight is 446 g/mol. The molecule has 0 bridgehead atoms. The van der Waals surface area contributed by atoms with Crippen LogP contribution in [-0.2, 0) is 29.0 Å². The minimum Gasteiger partial charge on any atom is -0.355 e. The van der Waals surface area contributed by atoms with Gasteiger partial charge in [0, 0.05) is 42.6 Å². The Labute approximate surface area is 172 Å². The highest BCUT2D eigenvalue weighted by Gasteiger charge is 2.37. The van der Waals surface area contributed by atoms with Crippen molar-refractivity contribution in [3.63, 3.8) is 0 Å². The molecule has 0 saturated carbocycles. The van der Waals surface area contributed by atoms with Gasteiger partial charge in [0.05, 0.1) is 0 Å². The zero-order chi connectivity index (χ0) is 19.5. The number of nitrogens with one attached hydrogen (secondary N) is 1. The number of carbonyl (C=O) groups excluding carboxylic acids is 2. The van der Waals surface area contributed by atoms with Crippen molar-refractivity contribution in [1.29, 1.82) is 0 Å². The maximum atomic E-state index is 12.7. The molecule has 1 fully saturated rings. The number of halogens is 1. The molecule has 0 aliphatic carbocycles. The summed E-state index contributed by atoms with van der Waals surface area (Å²) < 4.78 is 3.10. The highest BCUT2D eigenvalue weighted by molar-refractivity contribution is 9.10. The molecule has 1 atom stereocenters. The SMILES string of the molecule is O=C(NCCc1nnc2n1CCCCC2)C1CCN(c2cccc(Br)c2)C1=O. The number of aromatic nitrogens is 3. The smallest absolute Gasteiger partial charge is 0.239 e. The first-order valence-corrected chi connectivity index (χ1v) is 10.7. The molecule has 1 aromatic carbocycles. The summed E-state index contributed by atoms with van der Waals surface area (Å²) in [5.41, 5.74) is 0.820. The summed E-state index contributed by atoms with van der Waals surface area (Å²) in [5.74, 6) is 1.03. The van der Waals surface area contributed by atoms with Crippen molar-refractivity contribution in [2.45, 2.75) is 45.1 Å². The number of amides is 2. The van der Waals surface area contributed by atoms with Gasteiger partial charge in [-0.3, -0.25) is 9.59 Å². The predicted octanol–water partition coefficient (Wildman–Crippen LogP) is 2.48. The lowest BCUT2D eigenvalue weighted by Crippen LogP contribution is -2.37. The number of benzene rings is 1. The van der Waals surface area contributed by atoms with E-state index in [1.54, 1.807) is 4.90 Å². The molecule has 0 radical (unpaired) electrons. The molecule has 7 nitrogen and oxygen atoms in total. The molecule has 2 amide bonds. The number of hydrogen-bond donors (Lipinski definition) is 1. The first-order chi connectivity index (χ1) is 13.6. The summed E-state index contributed by atoms with van der Waals surface area (Å²) in [4.78, 5) is 27.0. The number of aryl methyl sites for hydroxylation is 1. The largest absolute Gasteiger partial charge is 0.355 e. The first kappa shape index (κ1) is 19.1. The number of nitrogens with zero attached hydrogens (tertiary/aromatic N) is 4. The van der Waals surface area contributed by atoms with Gasteiger partial charge in [-0.25, -0.2) is 0 Å². The zero-order valence-electron chi connectivity index (χ0n) is 15.7. The number of hydrogen-bond acceptors (Lipinski definition) is 4. The Kier molecular flexibility index (Phi) is 5.75. The van der Waals surface area contributed by atoms with Crippen molar-refractivity contribution >= 4 is 33.4 Å². The summed E-state index contributed by atoms with van der Waals surface area (Å²) in [6, 6.07) is 7.59. The van der Waals surface area contributed by atoms with Crippen LogP contribution in [0.4, 0.5) is 5.69 Å². The summed E-state index contributed by atoms with van der Waals surface area (Å²) in [7, 11) is 0. The van der Waals surface area contributed by atoms with Crippen LogP contribution in [0.25, 0.3) is 0 Å². The van der Waals surface area contributed by atoms with Crippen LogP contribution in [0, 0.1) is 5.92 Å². The Balaban J connectivity index is 1.32. The lowest BCUT2D eigenvalue weighted by molar-refractivity contribution is -0.132. The predicted molar refractivity (Wildman–Crippen MR) is 109 cm³/mol. The highest BCUT2D eigenvalue weighted by Crippen LogP contribution is 2.27. The maximum absolute atomic E-state index is 12.7. The molecule has 2 aliphatic heterocycles. The van der Waals surface area contributed by atoms with E-state index in [1.807, 2.05) is 24.3 Å². The van der Waals surface area contributed by atoms with Crippen molar-refractivity contribution in [3.8, 4) is 0 Å². The Hall–Kier alpha value is -2.22. The molecular formula is C20H24BrN5O2. The second kappa shape index (κ2) is 8.43. The monoisotopic (exact) mass is 445 g/mol. The van der Waals surface area contributed by atoms with Crippen molar-refractivity contribution in [2.75, 3.05) is 18.0 Å². The minimum absolute atomic E-state index is 0.132. The average Bonchev–Trinajstić information content (AvgIpc) is 3.16. The van der Waals surface area contributed by atoms with Gasteiger partial charge in [-0.1, -0.05) is 28.4 Å². The van der Waals surface area contributed by atoms with E-state index >= 15 is 0 Å². The van der Waals surface area contributed by atoms with E-state index in [0.717, 1.165) is 47.6 Å². The van der Waals surface area contributed by atoms with Crippen LogP contribution in [0.5, 0.6) is 0 Å². The van der Waals surface area contributed by atoms with E-state index in [1.165, 1.54) is 6.42 Å². The van der Waals surface area contributed by atoms with E-state index < -0.39 is 5.92 Å². The van der Waals surface area contributed by atoms with Gasteiger partial charge in [0.15, 0.2) is 0 Å². The number of anilines is 1. The van der Waals surface area contributed by atoms with Gasteiger partial charge in [-0.05, 0) is 37.5 Å². The molecule has 148 valence electrons. The topological polar surface area (TPSA) is 80.1 Å². The van der Waals surface area contributed by atoms with Gasteiger partial charge >= 0.3 is 0 Å². The van der Waals surface area contributed by atoms with E-state index in [-0.39, 0.29) is 11.8 Å². The molecule has 2 aliphatic rings. The normalized spacial score (nSPS) is 19.4. The van der Waals surface area contributed by atoms with Crippen molar-refractivity contribution < 1.29 is 9.59 Å². The Morgan fingerprint density at radius 1 is 1.21 bits per heavy atom. The zero-order valence-corrected chi connectivity index (χ0v) is 17.3. The van der Waals surface area contributed by atoms with Crippen LogP contribution in [0.3, 0.4) is 0 Å². The maximum Gasteiger partial charge on any atom is 0.239 e. The molecule has 2 aromatic rings. The molecule has 0 spiro atoms. The van der Waals surface area contributed by atoms with Gasteiger partial charge < -0.3 is 14.8 Å². The molecular weight excluding hydrogens is 422 g/mol. The third kappa shape index (κ3) is 3.97. The van der Waals surface area contributed by atoms with Crippen LogP contribution in [0.2, 0.25) is 0 Å². The molecule has 1 N–H and O–H groups in total. The Morgan fingerprint density at radius 3 is 2.96 bits per heavy atom. The van der Waals surface area contributed by atoms with Crippen LogP contribution in [-0.4, -0.2) is 39.7 Å². The molecule has 3 heterocycles. The van der Waals surface area contributed by atoms with Gasteiger partial charge in [-0.15, -0.1) is 10.2 Å². The van der Waals surface area contributed by atoms with Gasteiger partial charge in [0.2, 0.25) is 11.8 Å². The van der Waals surface area contributed by atoms with Gasteiger partial charge in [-0.2, -0.15) is 0 Å². The minimum atomic E-state index is -0.616. The van der Waals surface area contributed by atoms with Crippen LogP contribution in [0.1, 0.15) is 37.3 Å². The third-order valence-corrected chi connectivity index (χ3v) is 5.97. The lowest BCUT2D eigenvalue weighted by Gasteiger charge is -2.17. The highest BCUT2D eigenvalue weighted by atomic mass is 79.9. The molecule has 4 rings (SSSR count). The first-order valence-electron chi connectivity index (χ1n) is 9.89. The molecule has 8 heteroatoms. The fraction of sp³-hybridized carbons (Fsp3) is 0.500. The second-order valence-corrected chi connectivity index (χ2v) is 8.26. The van der Waals surface area contributed by atoms with E-state index in [0.29, 0.717) is 25.9 Å². The number of fused-ring (bicyclic) bond motifs is 1. The summed E-state index contributed by atoms with van der Waals surface area (Å²) >= 11 is 3.43. The van der Waals surface area contributed by atoms with Crippen molar-refractivity contribution in [1.82, 2.24) is 20.1 Å². The van der Waals surface area contributed by atoms with Gasteiger partial charge in [0.25, 0.3) is 0 Å². The van der Waals surface area contributed by atoms with Gasteiger partial charge in [0.1, 0.15) is 17.6 Å². The molecule has 1 unspecified atom stereocenters. The van der Waals surface area contributed by atoms with Crippen LogP contribution >= 0.6 is 15.9 Å². The van der Waals surface area contributed by atoms with E-state index in [4.69, 9.17) is 0 Å². The van der Waals surface area contributed by atoms with Crippen LogP contribution < -0.4 is 10.2 Å². The lowest BCUT2D eigenvalue weighted by atomic mass is 10.1. The molecule has 1 saturated heterocycles. The summed E-state index contributed by atoms with van der Waals surface area (Å²) in [5, 5.41) is 11.5. The Morgan fingerprint density at radius 2 is 2.11 bits per heavy atom. The Bertz CT molecular complexity index is 881. The third-order valence-electron chi connectivity index (χ3n) is 5.48. The summed E-state index contributed by atoms with van der Waals surface area (Å²) in [6.45, 7) is 1.98. The fourth-order valence-corrected chi connectivity index (χ4v) is 4.36. The van der Waals surface area contributed by atoms with E-state index in [9.17, 15) is 9.59 Å². The second-order valence-electron chi connectivity index (χ2n) is 7.35. The number of carbonyl (C=O) groups is 2. The quantitative estimate of drug-likeness (QED) is 0.716. The van der Waals surface area contributed by atoms with Crippen molar-refractivity contribution in [2.24, 2.45) is 5.92 Å². The molecule has 28 heavy (non-hydrogen) atoms. The standard InChI is InChI=1S/C20H24BrN5O2/c21-14-5-4-6-15(13-14)25-12-9-16(20(25)28)19(27)22-10-8-18-24-23-17-7-2-1-3-11-26(17)18/h4-6,13,16H,1-3,7-12H2,(H,22,27).